The largest absolute Gasteiger partial charge is 0.455 e. The maximum absolute atomic E-state index is 12.4. The van der Waals surface area contributed by atoms with Crippen LogP contribution >= 0.6 is 11.3 Å². The number of benzene rings is 1. The molecule has 1 saturated carbocycles. The van der Waals surface area contributed by atoms with Gasteiger partial charge in [0.15, 0.2) is 5.13 Å². The molecule has 28 heavy (non-hydrogen) atoms. The topological polar surface area (TPSA) is 101 Å². The molecule has 0 saturated heterocycles. The lowest BCUT2D eigenvalue weighted by atomic mass is 9.91. The Morgan fingerprint density at radius 3 is 2.96 bits per heavy atom. The van der Waals surface area contributed by atoms with E-state index < -0.39 is 5.72 Å². The molecule has 2 aliphatic rings. The molecule has 1 unspecified atom stereocenters. The van der Waals surface area contributed by atoms with Crippen molar-refractivity contribution in [2.24, 2.45) is 5.73 Å². The maximum atomic E-state index is 12.4. The molecule has 7 nitrogen and oxygen atoms in total. The van der Waals surface area contributed by atoms with E-state index in [1.165, 1.54) is 12.8 Å². The number of nitrogens with zero attached hydrogens (tertiary/aromatic N) is 1. The van der Waals surface area contributed by atoms with E-state index in [9.17, 15) is 4.79 Å². The molecule has 0 radical (unpaired) electrons. The molecule has 5 N–H and O–H groups in total. The van der Waals surface area contributed by atoms with Crippen LogP contribution in [0.1, 0.15) is 25.7 Å². The van der Waals surface area contributed by atoms with Gasteiger partial charge in [-0.3, -0.25) is 4.79 Å². The molecule has 1 aromatic heterocycles. The zero-order valence-corrected chi connectivity index (χ0v) is 16.6. The molecular formula is C20H25N5O2S. The van der Waals surface area contributed by atoms with Crippen LogP contribution in [-0.2, 0) is 4.79 Å². The normalized spacial score (nSPS) is 26.6. The lowest BCUT2D eigenvalue weighted by Gasteiger charge is -2.31. The number of dihydropyridines is 1. The molecule has 148 valence electrons. The van der Waals surface area contributed by atoms with Crippen molar-refractivity contribution in [2.75, 3.05) is 12.4 Å². The van der Waals surface area contributed by atoms with Gasteiger partial charge in [-0.15, -0.1) is 0 Å². The fraction of sp³-hybridized carbons (Fsp3) is 0.400. The Hall–Kier alpha value is -2.58. The second-order valence-corrected chi connectivity index (χ2v) is 8.16. The standard InChI is InChI=1S/C20H25N5O2S/c1-22-18(26)20(10-4-5-11-23-20)27-13-8-9-16-17(12-13)28-19(25-16)24-15-7-3-2-6-14(15)21/h4-5,8-12,14-15,23H,2-3,6-7,21H2,1H3,(H,22,26)(H,24,25)/t14-,15-,20?/m1/s1. The first-order chi connectivity index (χ1) is 13.6. The SMILES string of the molecule is CNC(=O)C1(Oc2ccc3nc(N[C@@H]4CCCC[C@H]4N)sc3c2)C=CC=CN1. The monoisotopic (exact) mass is 399 g/mol. The lowest BCUT2D eigenvalue weighted by Crippen LogP contribution is -2.58. The summed E-state index contributed by atoms with van der Waals surface area (Å²) in [5.41, 5.74) is 5.87. The van der Waals surface area contributed by atoms with Crippen LogP contribution in [0.3, 0.4) is 0 Å². The predicted octanol–water partition coefficient (Wildman–Crippen LogP) is 2.47. The first-order valence-electron chi connectivity index (χ1n) is 9.56. The Labute approximate surface area is 168 Å². The van der Waals surface area contributed by atoms with Gasteiger partial charge in [-0.05, 0) is 43.2 Å². The second kappa shape index (κ2) is 7.81. The van der Waals surface area contributed by atoms with Crippen LogP contribution in [0.15, 0.2) is 42.6 Å². The summed E-state index contributed by atoms with van der Waals surface area (Å²) in [6.07, 6.45) is 11.5. The van der Waals surface area contributed by atoms with E-state index in [2.05, 4.69) is 20.9 Å². The highest BCUT2D eigenvalue weighted by atomic mass is 32.1. The minimum atomic E-state index is -1.27. The fourth-order valence-corrected chi connectivity index (χ4v) is 4.57. The average Bonchev–Trinajstić information content (AvgIpc) is 3.11. The Balaban J connectivity index is 1.55. The van der Waals surface area contributed by atoms with Crippen LogP contribution in [0.2, 0.25) is 0 Å². The Morgan fingerprint density at radius 2 is 2.21 bits per heavy atom. The zero-order valence-electron chi connectivity index (χ0n) is 15.8. The van der Waals surface area contributed by atoms with E-state index in [0.717, 1.165) is 28.2 Å². The van der Waals surface area contributed by atoms with Crippen LogP contribution in [0.5, 0.6) is 5.75 Å². The number of aromatic nitrogens is 1. The number of fused-ring (bicyclic) bond motifs is 1. The number of anilines is 1. The quantitative estimate of drug-likeness (QED) is 0.616. The number of allylic oxidation sites excluding steroid dienone is 2. The summed E-state index contributed by atoms with van der Waals surface area (Å²) < 4.78 is 7.05. The third kappa shape index (κ3) is 3.70. The summed E-state index contributed by atoms with van der Waals surface area (Å²) in [5.74, 6) is 0.319. The lowest BCUT2D eigenvalue weighted by molar-refractivity contribution is -0.134. The first kappa shape index (κ1) is 18.8. The number of rotatable bonds is 5. The summed E-state index contributed by atoms with van der Waals surface area (Å²) in [6.45, 7) is 0. The third-order valence-electron chi connectivity index (χ3n) is 5.17. The summed E-state index contributed by atoms with van der Waals surface area (Å²) in [7, 11) is 1.58. The van der Waals surface area contributed by atoms with Gasteiger partial charge in [0.1, 0.15) is 5.75 Å². The van der Waals surface area contributed by atoms with Crippen LogP contribution in [0.25, 0.3) is 10.2 Å². The molecule has 1 fully saturated rings. The molecule has 0 spiro atoms. The maximum Gasteiger partial charge on any atom is 0.289 e. The van der Waals surface area contributed by atoms with Crippen molar-refractivity contribution in [1.29, 1.82) is 0 Å². The molecule has 2 aromatic rings. The van der Waals surface area contributed by atoms with Crippen LogP contribution in [-0.4, -0.2) is 35.7 Å². The number of amides is 1. The molecule has 1 amide bonds. The summed E-state index contributed by atoms with van der Waals surface area (Å²) >= 11 is 1.57. The molecule has 3 atom stereocenters. The third-order valence-corrected chi connectivity index (χ3v) is 6.12. The summed E-state index contributed by atoms with van der Waals surface area (Å²) in [5, 5.41) is 10.0. The number of hydrogen-bond donors (Lipinski definition) is 4. The predicted molar refractivity (Wildman–Crippen MR) is 112 cm³/mol. The highest BCUT2D eigenvalue weighted by Gasteiger charge is 2.38. The number of likely N-dealkylation sites (N-methyl/N-ethyl adjacent to an activating group) is 1. The van der Waals surface area contributed by atoms with Crippen LogP contribution < -0.4 is 26.4 Å². The molecule has 8 heteroatoms. The highest BCUT2D eigenvalue weighted by molar-refractivity contribution is 7.22. The van der Waals surface area contributed by atoms with Crippen molar-refractivity contribution in [3.05, 3.63) is 42.6 Å². The smallest absolute Gasteiger partial charge is 0.289 e. The van der Waals surface area contributed by atoms with Crippen LogP contribution in [0.4, 0.5) is 5.13 Å². The van der Waals surface area contributed by atoms with E-state index in [-0.39, 0.29) is 18.0 Å². The van der Waals surface area contributed by atoms with E-state index in [4.69, 9.17) is 10.5 Å². The summed E-state index contributed by atoms with van der Waals surface area (Å²) in [4.78, 5) is 17.1. The van der Waals surface area contributed by atoms with Gasteiger partial charge < -0.3 is 26.4 Å². The molecule has 1 aromatic carbocycles. The summed E-state index contributed by atoms with van der Waals surface area (Å²) in [6, 6.07) is 6.09. The van der Waals surface area contributed by atoms with Gasteiger partial charge in [0, 0.05) is 25.3 Å². The van der Waals surface area contributed by atoms with Gasteiger partial charge in [-0.2, -0.15) is 0 Å². The van der Waals surface area contributed by atoms with Gasteiger partial charge in [-0.25, -0.2) is 4.98 Å². The van der Waals surface area contributed by atoms with E-state index in [1.54, 1.807) is 36.7 Å². The van der Waals surface area contributed by atoms with Gasteiger partial charge in [0.25, 0.3) is 11.6 Å². The van der Waals surface area contributed by atoms with Gasteiger partial charge in [0.2, 0.25) is 0 Å². The van der Waals surface area contributed by atoms with Gasteiger partial charge >= 0.3 is 0 Å². The first-order valence-corrected chi connectivity index (χ1v) is 10.4. The number of carbonyl (C=O) groups is 1. The van der Waals surface area contributed by atoms with Crippen molar-refractivity contribution >= 4 is 32.6 Å². The van der Waals surface area contributed by atoms with E-state index in [1.807, 2.05) is 24.3 Å². The number of hydrogen-bond acceptors (Lipinski definition) is 7. The van der Waals surface area contributed by atoms with Crippen molar-refractivity contribution in [3.8, 4) is 5.75 Å². The number of carbonyl (C=O) groups excluding carboxylic acids is 1. The van der Waals surface area contributed by atoms with Crippen LogP contribution in [0, 0.1) is 0 Å². The average molecular weight is 400 g/mol. The van der Waals surface area contributed by atoms with Crippen molar-refractivity contribution in [1.82, 2.24) is 15.6 Å². The Morgan fingerprint density at radius 1 is 1.36 bits per heavy atom. The Kier molecular flexibility index (Phi) is 5.23. The van der Waals surface area contributed by atoms with Crippen molar-refractivity contribution < 1.29 is 9.53 Å². The van der Waals surface area contributed by atoms with Crippen molar-refractivity contribution in [2.45, 2.75) is 43.5 Å². The second-order valence-electron chi connectivity index (χ2n) is 7.13. The highest BCUT2D eigenvalue weighted by Crippen LogP contribution is 2.32. The van der Waals surface area contributed by atoms with Gasteiger partial charge in [-0.1, -0.05) is 30.3 Å². The van der Waals surface area contributed by atoms with E-state index in [0.29, 0.717) is 5.75 Å². The molecule has 1 aliphatic carbocycles. The van der Waals surface area contributed by atoms with Crippen molar-refractivity contribution in [3.63, 3.8) is 0 Å². The number of nitrogens with one attached hydrogen (secondary N) is 3. The molecule has 4 rings (SSSR count). The Bertz CT molecular complexity index is 924. The minimum Gasteiger partial charge on any atom is -0.455 e. The molecule has 2 heterocycles. The van der Waals surface area contributed by atoms with Gasteiger partial charge in [0.05, 0.1) is 10.2 Å². The molecule has 0 bridgehead atoms. The number of nitrogens with two attached hydrogens (primary N) is 1. The molecule has 1 aliphatic heterocycles. The van der Waals surface area contributed by atoms with E-state index >= 15 is 0 Å². The number of thiazole rings is 1. The molecular weight excluding hydrogens is 374 g/mol. The minimum absolute atomic E-state index is 0.171. The zero-order chi connectivity index (χ0) is 19.6. The number of ether oxygens (including phenoxy) is 1. The fourth-order valence-electron chi connectivity index (χ4n) is 3.62.